The Balaban J connectivity index is 1.93. The Hall–Kier alpha value is -1.64. The summed E-state index contributed by atoms with van der Waals surface area (Å²) in [6, 6.07) is 15.9. The lowest BCUT2D eigenvalue weighted by Crippen LogP contribution is -2.32. The first-order chi connectivity index (χ1) is 9.15. The zero-order valence-corrected chi connectivity index (χ0v) is 11.8. The summed E-state index contributed by atoms with van der Waals surface area (Å²) < 4.78 is 0. The van der Waals surface area contributed by atoms with Gasteiger partial charge in [-0.3, -0.25) is 5.01 Å². The first-order valence-electron chi connectivity index (χ1n) is 6.80. The van der Waals surface area contributed by atoms with Gasteiger partial charge in [-0.25, -0.2) is 5.43 Å². The third-order valence-electron chi connectivity index (χ3n) is 3.77. The maximum Gasteiger partial charge on any atom is 0.0436 e. The highest BCUT2D eigenvalue weighted by Crippen LogP contribution is 2.37. The van der Waals surface area contributed by atoms with E-state index in [9.17, 15) is 0 Å². The van der Waals surface area contributed by atoms with Gasteiger partial charge in [0.25, 0.3) is 0 Å². The van der Waals surface area contributed by atoms with Gasteiger partial charge in [-0.05, 0) is 41.2 Å². The minimum Gasteiger partial charge on any atom is -0.250 e. The van der Waals surface area contributed by atoms with Crippen molar-refractivity contribution < 1.29 is 0 Å². The number of benzene rings is 2. The van der Waals surface area contributed by atoms with Crippen molar-refractivity contribution in [1.82, 2.24) is 10.4 Å². The second-order valence-electron chi connectivity index (χ2n) is 5.50. The van der Waals surface area contributed by atoms with E-state index in [2.05, 4.69) is 54.8 Å². The minimum atomic E-state index is 0.337. The number of rotatable bonds is 3. The lowest BCUT2D eigenvalue weighted by atomic mass is 10.0. The highest BCUT2D eigenvalue weighted by Gasteiger charge is 2.18. The fourth-order valence-electron chi connectivity index (χ4n) is 2.90. The molecule has 0 aliphatic heterocycles. The van der Waals surface area contributed by atoms with Gasteiger partial charge in [-0.15, -0.1) is 0 Å². The molecule has 0 radical (unpaired) electrons. The molecule has 2 heteroatoms. The smallest absolute Gasteiger partial charge is 0.0436 e. The molecule has 98 valence electrons. The van der Waals surface area contributed by atoms with E-state index in [4.69, 9.17) is 0 Å². The topological polar surface area (TPSA) is 15.3 Å². The van der Waals surface area contributed by atoms with Crippen LogP contribution >= 0.6 is 0 Å². The monoisotopic (exact) mass is 252 g/mol. The molecule has 0 fully saturated rings. The Bertz CT molecular complexity index is 602. The van der Waals surface area contributed by atoms with Crippen molar-refractivity contribution in [3.8, 4) is 11.1 Å². The number of nitrogens with one attached hydrogen (secondary N) is 1. The zero-order chi connectivity index (χ0) is 13.4. The summed E-state index contributed by atoms with van der Waals surface area (Å²) >= 11 is 0. The summed E-state index contributed by atoms with van der Waals surface area (Å²) in [5.41, 5.74) is 10.4. The molecule has 0 saturated carbocycles. The molecular formula is C17H20N2. The summed E-state index contributed by atoms with van der Waals surface area (Å²) in [6.07, 6.45) is 1.06. The van der Waals surface area contributed by atoms with Crippen molar-refractivity contribution >= 4 is 0 Å². The SMILES string of the molecule is CC(NN(C)C)c1ccc2c(c1)Cc1ccccc1-2. The maximum absolute atomic E-state index is 3.40. The van der Waals surface area contributed by atoms with E-state index in [0.29, 0.717) is 6.04 Å². The van der Waals surface area contributed by atoms with Crippen LogP contribution < -0.4 is 5.43 Å². The van der Waals surface area contributed by atoms with Crippen LogP contribution in [0, 0.1) is 0 Å². The van der Waals surface area contributed by atoms with Gasteiger partial charge in [0.15, 0.2) is 0 Å². The minimum absolute atomic E-state index is 0.337. The molecule has 0 spiro atoms. The van der Waals surface area contributed by atoms with Crippen molar-refractivity contribution in [2.24, 2.45) is 0 Å². The van der Waals surface area contributed by atoms with Crippen LogP contribution in [-0.4, -0.2) is 19.1 Å². The van der Waals surface area contributed by atoms with Crippen LogP contribution in [0.4, 0.5) is 0 Å². The van der Waals surface area contributed by atoms with E-state index >= 15 is 0 Å². The van der Waals surface area contributed by atoms with E-state index in [-0.39, 0.29) is 0 Å². The van der Waals surface area contributed by atoms with Crippen molar-refractivity contribution in [2.75, 3.05) is 14.1 Å². The van der Waals surface area contributed by atoms with Crippen LogP contribution in [0.1, 0.15) is 29.7 Å². The van der Waals surface area contributed by atoms with E-state index in [1.807, 2.05) is 19.1 Å². The van der Waals surface area contributed by atoms with Crippen LogP contribution in [0.3, 0.4) is 0 Å². The van der Waals surface area contributed by atoms with Gasteiger partial charge >= 0.3 is 0 Å². The van der Waals surface area contributed by atoms with E-state index in [1.165, 1.54) is 27.8 Å². The molecule has 1 atom stereocenters. The second-order valence-corrected chi connectivity index (χ2v) is 5.50. The largest absolute Gasteiger partial charge is 0.250 e. The number of fused-ring (bicyclic) bond motifs is 3. The molecular weight excluding hydrogens is 232 g/mol. The van der Waals surface area contributed by atoms with Gasteiger partial charge in [0, 0.05) is 20.1 Å². The summed E-state index contributed by atoms with van der Waals surface area (Å²) in [5, 5.41) is 2.01. The van der Waals surface area contributed by atoms with Gasteiger partial charge in [0.05, 0.1) is 0 Å². The molecule has 1 unspecified atom stereocenters. The highest BCUT2D eigenvalue weighted by atomic mass is 15.5. The number of hydrogen-bond donors (Lipinski definition) is 1. The van der Waals surface area contributed by atoms with Crippen LogP contribution in [0.15, 0.2) is 42.5 Å². The molecule has 1 N–H and O–H groups in total. The van der Waals surface area contributed by atoms with Crippen LogP contribution in [0.2, 0.25) is 0 Å². The van der Waals surface area contributed by atoms with Gasteiger partial charge in [0.1, 0.15) is 0 Å². The molecule has 1 aliphatic carbocycles. The standard InChI is InChI=1S/C17H20N2/c1-12(18-19(2)3)13-8-9-17-15(10-13)11-14-6-4-5-7-16(14)17/h4-10,12,18H,11H2,1-3H3. The van der Waals surface area contributed by atoms with Crippen LogP contribution in [0.5, 0.6) is 0 Å². The normalized spacial score (nSPS) is 14.3. The predicted octanol–water partition coefficient (Wildman–Crippen LogP) is 3.39. The molecule has 0 bridgehead atoms. The zero-order valence-electron chi connectivity index (χ0n) is 11.8. The Kier molecular flexibility index (Phi) is 3.13. The van der Waals surface area contributed by atoms with Gasteiger partial charge in [-0.1, -0.05) is 42.5 Å². The Morgan fingerprint density at radius 1 is 1.00 bits per heavy atom. The van der Waals surface area contributed by atoms with Crippen molar-refractivity contribution in [2.45, 2.75) is 19.4 Å². The second kappa shape index (κ2) is 4.80. The van der Waals surface area contributed by atoms with E-state index < -0.39 is 0 Å². The van der Waals surface area contributed by atoms with E-state index in [1.54, 1.807) is 0 Å². The molecule has 0 aromatic heterocycles. The highest BCUT2D eigenvalue weighted by molar-refractivity contribution is 5.76. The Morgan fingerprint density at radius 2 is 1.74 bits per heavy atom. The maximum atomic E-state index is 3.40. The molecule has 0 saturated heterocycles. The third kappa shape index (κ3) is 2.29. The number of hydrogen-bond acceptors (Lipinski definition) is 2. The molecule has 0 heterocycles. The molecule has 19 heavy (non-hydrogen) atoms. The molecule has 2 aromatic carbocycles. The molecule has 0 amide bonds. The molecule has 2 aromatic rings. The summed E-state index contributed by atoms with van der Waals surface area (Å²) in [4.78, 5) is 0. The Morgan fingerprint density at radius 3 is 2.53 bits per heavy atom. The molecule has 2 nitrogen and oxygen atoms in total. The fraction of sp³-hybridized carbons (Fsp3) is 0.294. The van der Waals surface area contributed by atoms with Gasteiger partial charge in [0.2, 0.25) is 0 Å². The number of nitrogens with zero attached hydrogens (tertiary/aromatic N) is 1. The first-order valence-corrected chi connectivity index (χ1v) is 6.80. The lowest BCUT2D eigenvalue weighted by molar-refractivity contribution is 0.252. The quantitative estimate of drug-likeness (QED) is 0.719. The molecule has 1 aliphatic rings. The van der Waals surface area contributed by atoms with Crippen molar-refractivity contribution in [3.05, 3.63) is 59.2 Å². The molecule has 3 rings (SSSR count). The van der Waals surface area contributed by atoms with Gasteiger partial charge < -0.3 is 0 Å². The van der Waals surface area contributed by atoms with Crippen molar-refractivity contribution in [1.29, 1.82) is 0 Å². The summed E-state index contributed by atoms with van der Waals surface area (Å²) in [6.45, 7) is 2.20. The van der Waals surface area contributed by atoms with Crippen LogP contribution in [0.25, 0.3) is 11.1 Å². The fourth-order valence-corrected chi connectivity index (χ4v) is 2.90. The summed E-state index contributed by atoms with van der Waals surface area (Å²) in [7, 11) is 4.05. The Labute approximate surface area is 115 Å². The average Bonchev–Trinajstić information content (AvgIpc) is 2.75. The first kappa shape index (κ1) is 12.4. The van der Waals surface area contributed by atoms with Crippen molar-refractivity contribution in [3.63, 3.8) is 0 Å². The number of hydrazine groups is 1. The predicted molar refractivity (Wildman–Crippen MR) is 79.9 cm³/mol. The average molecular weight is 252 g/mol. The van der Waals surface area contributed by atoms with Crippen LogP contribution in [-0.2, 0) is 6.42 Å². The lowest BCUT2D eigenvalue weighted by Gasteiger charge is -2.20. The van der Waals surface area contributed by atoms with Gasteiger partial charge in [-0.2, -0.15) is 0 Å². The third-order valence-corrected chi connectivity index (χ3v) is 3.77. The van der Waals surface area contributed by atoms with E-state index in [0.717, 1.165) is 6.42 Å². The summed E-state index contributed by atoms with van der Waals surface area (Å²) in [5.74, 6) is 0.